The zero-order chi connectivity index (χ0) is 13.8. The van der Waals surface area contributed by atoms with Gasteiger partial charge in [0.25, 0.3) is 5.91 Å². The third-order valence-electron chi connectivity index (χ3n) is 2.25. The van der Waals surface area contributed by atoms with Gasteiger partial charge < -0.3 is 5.11 Å². The number of aliphatic hydroxyl groups excluding tert-OH is 1. The third kappa shape index (κ3) is 3.99. The number of amides is 1. The van der Waals surface area contributed by atoms with Crippen molar-refractivity contribution in [3.63, 3.8) is 0 Å². The van der Waals surface area contributed by atoms with E-state index in [-0.39, 0.29) is 5.91 Å². The fraction of sp³-hybridized carbons (Fsp3) is 0.250. The van der Waals surface area contributed by atoms with E-state index in [0.717, 1.165) is 11.5 Å². The second-order valence-electron chi connectivity index (χ2n) is 4.03. The lowest BCUT2D eigenvalue weighted by Crippen LogP contribution is -2.12. The molecule has 7 heteroatoms. The van der Waals surface area contributed by atoms with E-state index in [9.17, 15) is 9.90 Å². The summed E-state index contributed by atoms with van der Waals surface area (Å²) in [6.07, 6.45) is -0.144. The Morgan fingerprint density at radius 3 is 3.05 bits per heavy atom. The van der Waals surface area contributed by atoms with Gasteiger partial charge in [-0.3, -0.25) is 10.1 Å². The number of nitrogens with zero attached hydrogens (tertiary/aromatic N) is 2. The van der Waals surface area contributed by atoms with Gasteiger partial charge >= 0.3 is 0 Å². The van der Waals surface area contributed by atoms with Crippen molar-refractivity contribution in [3.05, 3.63) is 40.7 Å². The normalized spacial score (nSPS) is 12.2. The van der Waals surface area contributed by atoms with Crippen LogP contribution in [0, 0.1) is 0 Å². The molecule has 0 fully saturated rings. The highest BCUT2D eigenvalue weighted by Gasteiger charge is 2.11. The number of aliphatic hydroxyl groups is 1. The smallest absolute Gasteiger partial charge is 0.257 e. The van der Waals surface area contributed by atoms with Crippen molar-refractivity contribution in [2.75, 3.05) is 5.32 Å². The van der Waals surface area contributed by atoms with Crippen molar-refractivity contribution in [2.45, 2.75) is 19.4 Å². The molecule has 100 valence electrons. The Balaban J connectivity index is 2.05. The summed E-state index contributed by atoms with van der Waals surface area (Å²) >= 11 is 6.90. The van der Waals surface area contributed by atoms with Crippen LogP contribution in [-0.4, -0.2) is 26.5 Å². The van der Waals surface area contributed by atoms with Crippen molar-refractivity contribution in [1.82, 2.24) is 9.36 Å². The number of nitrogens with one attached hydrogen (secondary N) is 1. The fourth-order valence-corrected chi connectivity index (χ4v) is 2.23. The zero-order valence-corrected chi connectivity index (χ0v) is 11.7. The summed E-state index contributed by atoms with van der Waals surface area (Å²) in [7, 11) is 0. The van der Waals surface area contributed by atoms with Crippen molar-refractivity contribution >= 4 is 34.2 Å². The Kier molecular flexibility index (Phi) is 4.47. The predicted octanol–water partition coefficient (Wildman–Crippen LogP) is 2.37. The van der Waals surface area contributed by atoms with E-state index in [1.165, 1.54) is 0 Å². The van der Waals surface area contributed by atoms with E-state index in [1.807, 2.05) is 0 Å². The van der Waals surface area contributed by atoms with Crippen LogP contribution in [0.3, 0.4) is 0 Å². The van der Waals surface area contributed by atoms with Crippen molar-refractivity contribution < 1.29 is 9.90 Å². The van der Waals surface area contributed by atoms with Gasteiger partial charge in [-0.1, -0.05) is 17.7 Å². The van der Waals surface area contributed by atoms with Crippen LogP contribution in [0.15, 0.2) is 24.3 Å². The molecule has 0 aliphatic heterocycles. The number of halogens is 1. The molecular weight excluding hydrogens is 286 g/mol. The molecule has 5 nitrogen and oxygen atoms in total. The summed E-state index contributed by atoms with van der Waals surface area (Å²) in [6.45, 7) is 1.66. The van der Waals surface area contributed by atoms with Crippen LogP contribution >= 0.6 is 23.1 Å². The molecular formula is C12H12ClN3O2S. The first kappa shape index (κ1) is 13.9. The number of carbonyl (C=O) groups is 1. The molecule has 0 aliphatic rings. The van der Waals surface area contributed by atoms with Crippen LogP contribution < -0.4 is 5.32 Å². The Bertz CT molecular complexity index is 586. The van der Waals surface area contributed by atoms with Crippen molar-refractivity contribution in [3.8, 4) is 0 Å². The van der Waals surface area contributed by atoms with Gasteiger partial charge in [-0.15, -0.1) is 0 Å². The maximum Gasteiger partial charge on any atom is 0.257 e. The lowest BCUT2D eigenvalue weighted by atomic mass is 10.2. The van der Waals surface area contributed by atoms with Crippen LogP contribution in [0.25, 0.3) is 0 Å². The third-order valence-corrected chi connectivity index (χ3v) is 3.16. The maximum atomic E-state index is 11.9. The molecule has 2 rings (SSSR count). The molecule has 0 saturated heterocycles. The van der Waals surface area contributed by atoms with Gasteiger partial charge in [-0.05, 0) is 25.1 Å². The molecule has 1 atom stereocenters. The van der Waals surface area contributed by atoms with Gasteiger partial charge in [0, 0.05) is 28.5 Å². The van der Waals surface area contributed by atoms with Gasteiger partial charge in [0.1, 0.15) is 5.82 Å². The molecule has 0 saturated carbocycles. The molecule has 0 spiro atoms. The number of hydrogen-bond donors (Lipinski definition) is 2. The molecule has 1 unspecified atom stereocenters. The quantitative estimate of drug-likeness (QED) is 0.908. The number of carbonyl (C=O) groups excluding carboxylic acids is 1. The summed E-state index contributed by atoms with van der Waals surface area (Å²) in [5.74, 6) is 0.226. The lowest BCUT2D eigenvalue weighted by molar-refractivity contribution is 0.102. The van der Waals surface area contributed by atoms with E-state index in [4.69, 9.17) is 11.6 Å². The average Bonchev–Trinajstić information content (AvgIpc) is 2.75. The molecule has 2 N–H and O–H groups in total. The summed E-state index contributed by atoms with van der Waals surface area (Å²) < 4.78 is 4.05. The highest BCUT2D eigenvalue weighted by atomic mass is 35.5. The lowest BCUT2D eigenvalue weighted by Gasteiger charge is -2.01. The van der Waals surface area contributed by atoms with Crippen molar-refractivity contribution in [1.29, 1.82) is 0 Å². The van der Waals surface area contributed by atoms with E-state index in [2.05, 4.69) is 14.7 Å². The van der Waals surface area contributed by atoms with Crippen LogP contribution in [0.2, 0.25) is 5.02 Å². The molecule has 1 amide bonds. The fourth-order valence-electron chi connectivity index (χ4n) is 1.45. The minimum atomic E-state index is -0.508. The number of benzene rings is 1. The van der Waals surface area contributed by atoms with E-state index in [0.29, 0.717) is 28.0 Å². The Morgan fingerprint density at radius 1 is 1.58 bits per heavy atom. The van der Waals surface area contributed by atoms with Gasteiger partial charge in [0.15, 0.2) is 0 Å². The summed E-state index contributed by atoms with van der Waals surface area (Å²) in [5, 5.41) is 12.8. The van der Waals surface area contributed by atoms with Gasteiger partial charge in [-0.2, -0.15) is 4.37 Å². The Labute approximate surface area is 119 Å². The first-order valence-corrected chi connectivity index (χ1v) is 6.77. The van der Waals surface area contributed by atoms with E-state index < -0.39 is 6.10 Å². The standard InChI is InChI=1S/C12H12ClN3O2S/c1-7(17)5-10-14-12(19-16-10)15-11(18)8-3-2-4-9(13)6-8/h2-4,6-7,17H,5H2,1H3,(H,14,15,16,18). The van der Waals surface area contributed by atoms with Crippen molar-refractivity contribution in [2.24, 2.45) is 0 Å². The molecule has 0 radical (unpaired) electrons. The number of hydrogen-bond acceptors (Lipinski definition) is 5. The first-order valence-electron chi connectivity index (χ1n) is 5.62. The van der Waals surface area contributed by atoms with Crippen LogP contribution in [-0.2, 0) is 6.42 Å². The zero-order valence-electron chi connectivity index (χ0n) is 10.1. The minimum Gasteiger partial charge on any atom is -0.393 e. The van der Waals surface area contributed by atoms with E-state index >= 15 is 0 Å². The minimum absolute atomic E-state index is 0.290. The Hall–Kier alpha value is -1.50. The first-order chi connectivity index (χ1) is 9.04. The Morgan fingerprint density at radius 2 is 2.37 bits per heavy atom. The number of rotatable bonds is 4. The van der Waals surface area contributed by atoms with Gasteiger partial charge in [0.2, 0.25) is 5.13 Å². The average molecular weight is 298 g/mol. The van der Waals surface area contributed by atoms with Gasteiger partial charge in [0.05, 0.1) is 6.10 Å². The molecule has 1 heterocycles. The number of aromatic nitrogens is 2. The summed E-state index contributed by atoms with van der Waals surface area (Å²) in [6, 6.07) is 6.65. The molecule has 19 heavy (non-hydrogen) atoms. The summed E-state index contributed by atoms with van der Waals surface area (Å²) in [4.78, 5) is 16.0. The maximum absolute atomic E-state index is 11.9. The highest BCUT2D eigenvalue weighted by molar-refractivity contribution is 7.09. The molecule has 1 aromatic carbocycles. The molecule has 1 aromatic heterocycles. The molecule has 2 aromatic rings. The van der Waals surface area contributed by atoms with Crippen LogP contribution in [0.4, 0.5) is 5.13 Å². The SMILES string of the molecule is CC(O)Cc1nsc(NC(=O)c2cccc(Cl)c2)n1. The number of anilines is 1. The highest BCUT2D eigenvalue weighted by Crippen LogP contribution is 2.15. The van der Waals surface area contributed by atoms with Crippen LogP contribution in [0.5, 0.6) is 0 Å². The van der Waals surface area contributed by atoms with Crippen LogP contribution in [0.1, 0.15) is 23.1 Å². The van der Waals surface area contributed by atoms with Gasteiger partial charge in [-0.25, -0.2) is 4.98 Å². The largest absolute Gasteiger partial charge is 0.393 e. The predicted molar refractivity (Wildman–Crippen MR) is 74.7 cm³/mol. The second-order valence-corrected chi connectivity index (χ2v) is 5.22. The second kappa shape index (κ2) is 6.10. The van der Waals surface area contributed by atoms with E-state index in [1.54, 1.807) is 31.2 Å². The topological polar surface area (TPSA) is 75.1 Å². The molecule has 0 aliphatic carbocycles. The monoisotopic (exact) mass is 297 g/mol. The molecule has 0 bridgehead atoms. The summed E-state index contributed by atoms with van der Waals surface area (Å²) in [5.41, 5.74) is 0.458.